The Labute approximate surface area is 121 Å². The highest BCUT2D eigenvalue weighted by Crippen LogP contribution is 2.40. The number of hydrogen-bond acceptors (Lipinski definition) is 2. The molecule has 2 aromatic rings. The van der Waals surface area contributed by atoms with Crippen molar-refractivity contribution in [2.75, 3.05) is 0 Å². The van der Waals surface area contributed by atoms with Crippen molar-refractivity contribution in [2.24, 2.45) is 0 Å². The van der Waals surface area contributed by atoms with E-state index in [1.165, 1.54) is 18.2 Å². The highest BCUT2D eigenvalue weighted by Gasteiger charge is 2.39. The summed E-state index contributed by atoms with van der Waals surface area (Å²) in [6.07, 6.45) is 0.763. The van der Waals surface area contributed by atoms with Crippen molar-refractivity contribution in [1.82, 2.24) is 10.3 Å². The molecule has 0 bridgehead atoms. The van der Waals surface area contributed by atoms with Crippen LogP contribution in [0.1, 0.15) is 34.0 Å². The summed E-state index contributed by atoms with van der Waals surface area (Å²) in [5.41, 5.74) is 1.29. The third kappa shape index (κ3) is 2.86. The molecule has 4 nitrogen and oxygen atoms in total. The van der Waals surface area contributed by atoms with Crippen LogP contribution in [-0.4, -0.2) is 16.9 Å². The van der Waals surface area contributed by atoms with Gasteiger partial charge in [-0.25, -0.2) is 4.39 Å². The Hall–Kier alpha value is -2.43. The van der Waals surface area contributed by atoms with Crippen LogP contribution in [0.2, 0.25) is 0 Å². The van der Waals surface area contributed by atoms with E-state index in [-0.39, 0.29) is 29.2 Å². The predicted molar refractivity (Wildman–Crippen MR) is 76.8 cm³/mol. The zero-order valence-corrected chi connectivity index (χ0v) is 11.5. The van der Waals surface area contributed by atoms with Crippen molar-refractivity contribution >= 4 is 5.91 Å². The summed E-state index contributed by atoms with van der Waals surface area (Å²) < 4.78 is 13.2. The molecular weight excluding hydrogens is 271 g/mol. The van der Waals surface area contributed by atoms with Gasteiger partial charge in [-0.2, -0.15) is 0 Å². The number of amides is 1. The molecule has 1 aromatic carbocycles. The lowest BCUT2D eigenvalue weighted by molar-refractivity contribution is 0.0949. The van der Waals surface area contributed by atoms with Gasteiger partial charge in [0.15, 0.2) is 0 Å². The van der Waals surface area contributed by atoms with Gasteiger partial charge >= 0.3 is 0 Å². The van der Waals surface area contributed by atoms with Crippen LogP contribution < -0.4 is 10.9 Å². The molecule has 3 rings (SSSR count). The lowest BCUT2D eigenvalue weighted by Crippen LogP contribution is -2.31. The molecule has 1 saturated carbocycles. The molecule has 0 radical (unpaired) electrons. The van der Waals surface area contributed by atoms with E-state index in [1.807, 2.05) is 6.07 Å². The van der Waals surface area contributed by atoms with Gasteiger partial charge in [-0.3, -0.25) is 9.59 Å². The molecule has 0 unspecified atom stereocenters. The monoisotopic (exact) mass is 286 g/mol. The van der Waals surface area contributed by atoms with Gasteiger partial charge in [0.05, 0.1) is 0 Å². The fourth-order valence-corrected chi connectivity index (χ4v) is 2.46. The molecule has 0 saturated heterocycles. The molecular formula is C16H15FN2O2. The third-order valence-corrected chi connectivity index (χ3v) is 3.68. The lowest BCUT2D eigenvalue weighted by atomic mass is 10.1. The largest absolute Gasteiger partial charge is 0.348 e. The Bertz CT molecular complexity index is 754. The topological polar surface area (TPSA) is 62.0 Å². The maximum Gasteiger partial charge on any atom is 0.260 e. The number of nitrogens with one attached hydrogen (secondary N) is 2. The van der Waals surface area contributed by atoms with Gasteiger partial charge in [0.1, 0.15) is 11.4 Å². The second kappa shape index (κ2) is 5.16. The maximum atomic E-state index is 13.2. The molecule has 1 fully saturated rings. The van der Waals surface area contributed by atoms with E-state index in [2.05, 4.69) is 10.3 Å². The summed E-state index contributed by atoms with van der Waals surface area (Å²) in [5, 5.41) is 2.82. The number of rotatable bonds is 3. The van der Waals surface area contributed by atoms with Gasteiger partial charge in [-0.05, 0) is 43.2 Å². The van der Waals surface area contributed by atoms with E-state index in [9.17, 15) is 14.0 Å². The summed E-state index contributed by atoms with van der Waals surface area (Å²) >= 11 is 0. The Morgan fingerprint density at radius 1 is 1.33 bits per heavy atom. The number of halogens is 1. The Morgan fingerprint density at radius 2 is 2.14 bits per heavy atom. The average Bonchev–Trinajstić information content (AvgIpc) is 3.17. The molecule has 1 aromatic heterocycles. The van der Waals surface area contributed by atoms with Crippen LogP contribution in [0.25, 0.3) is 0 Å². The fraction of sp³-hybridized carbons (Fsp3) is 0.250. The van der Waals surface area contributed by atoms with E-state index in [0.717, 1.165) is 12.0 Å². The van der Waals surface area contributed by atoms with Crippen molar-refractivity contribution in [3.05, 3.63) is 69.4 Å². The lowest BCUT2D eigenvalue weighted by Gasteiger charge is -2.05. The van der Waals surface area contributed by atoms with Crippen LogP contribution in [-0.2, 0) is 0 Å². The standard InChI is InChI=1S/C16H15FN2O2/c1-9-5-6-12(15(20)18-9)16(21)19-14-8-13(14)10-3-2-4-11(17)7-10/h2-7,13-14H,8H2,1H3,(H,18,20)(H,19,21)/t13-,14-/m1/s1. The molecule has 0 aliphatic heterocycles. The number of H-pyrrole nitrogens is 1. The summed E-state index contributed by atoms with van der Waals surface area (Å²) in [5.74, 6) is -0.547. The average molecular weight is 286 g/mol. The number of carbonyl (C=O) groups excluding carboxylic acids is 1. The van der Waals surface area contributed by atoms with Crippen LogP contribution in [0.15, 0.2) is 41.2 Å². The first-order chi connectivity index (χ1) is 10.0. The van der Waals surface area contributed by atoms with Gasteiger partial charge in [0.2, 0.25) is 0 Å². The van der Waals surface area contributed by atoms with Crippen LogP contribution in [0.4, 0.5) is 4.39 Å². The van der Waals surface area contributed by atoms with Crippen molar-refractivity contribution in [3.8, 4) is 0 Å². The number of aromatic amines is 1. The van der Waals surface area contributed by atoms with Crippen LogP contribution in [0.3, 0.4) is 0 Å². The van der Waals surface area contributed by atoms with Crippen molar-refractivity contribution in [3.63, 3.8) is 0 Å². The minimum Gasteiger partial charge on any atom is -0.348 e. The van der Waals surface area contributed by atoms with E-state index < -0.39 is 5.56 Å². The summed E-state index contributed by atoms with van der Waals surface area (Å²) in [7, 11) is 0. The van der Waals surface area contributed by atoms with E-state index >= 15 is 0 Å². The molecule has 0 spiro atoms. The zero-order valence-electron chi connectivity index (χ0n) is 11.5. The number of hydrogen-bond donors (Lipinski definition) is 2. The summed E-state index contributed by atoms with van der Waals surface area (Å²) in [6, 6.07) is 9.54. The maximum absolute atomic E-state index is 13.2. The minimum atomic E-state index is -0.393. The molecule has 1 heterocycles. The normalized spacial score (nSPS) is 20.1. The molecule has 1 aliphatic rings. The van der Waals surface area contributed by atoms with Crippen molar-refractivity contribution < 1.29 is 9.18 Å². The molecule has 21 heavy (non-hydrogen) atoms. The Kier molecular flexibility index (Phi) is 3.33. The van der Waals surface area contributed by atoms with Gasteiger partial charge < -0.3 is 10.3 Å². The van der Waals surface area contributed by atoms with Gasteiger partial charge in [-0.1, -0.05) is 12.1 Å². The number of aromatic nitrogens is 1. The third-order valence-electron chi connectivity index (χ3n) is 3.68. The SMILES string of the molecule is Cc1ccc(C(=O)N[C@@H]2C[C@@H]2c2cccc(F)c2)c(=O)[nH]1. The number of benzene rings is 1. The van der Waals surface area contributed by atoms with Crippen molar-refractivity contribution in [2.45, 2.75) is 25.3 Å². The Morgan fingerprint density at radius 3 is 2.86 bits per heavy atom. The molecule has 2 N–H and O–H groups in total. The van der Waals surface area contributed by atoms with Crippen molar-refractivity contribution in [1.29, 1.82) is 0 Å². The fourth-order valence-electron chi connectivity index (χ4n) is 2.46. The number of aryl methyl sites for hydroxylation is 1. The first kappa shape index (κ1) is 13.5. The second-order valence-electron chi connectivity index (χ2n) is 5.36. The highest BCUT2D eigenvalue weighted by molar-refractivity contribution is 5.94. The van der Waals surface area contributed by atoms with E-state index in [0.29, 0.717) is 5.69 Å². The van der Waals surface area contributed by atoms with Crippen LogP contribution >= 0.6 is 0 Å². The minimum absolute atomic E-state index is 0.0417. The highest BCUT2D eigenvalue weighted by atomic mass is 19.1. The molecule has 2 atom stereocenters. The van der Waals surface area contributed by atoms with Gasteiger partial charge in [-0.15, -0.1) is 0 Å². The molecule has 5 heteroatoms. The first-order valence-electron chi connectivity index (χ1n) is 6.81. The summed E-state index contributed by atoms with van der Waals surface area (Å²) in [4.78, 5) is 26.4. The predicted octanol–water partition coefficient (Wildman–Crippen LogP) is 2.11. The van der Waals surface area contributed by atoms with Gasteiger partial charge in [0.25, 0.3) is 11.5 Å². The summed E-state index contributed by atoms with van der Waals surface area (Å²) in [6.45, 7) is 1.75. The van der Waals surface area contributed by atoms with Crippen LogP contribution in [0, 0.1) is 12.7 Å². The van der Waals surface area contributed by atoms with Crippen LogP contribution in [0.5, 0.6) is 0 Å². The number of pyridine rings is 1. The van der Waals surface area contributed by atoms with E-state index in [4.69, 9.17) is 0 Å². The number of carbonyl (C=O) groups is 1. The molecule has 108 valence electrons. The molecule has 1 amide bonds. The zero-order chi connectivity index (χ0) is 15.0. The smallest absolute Gasteiger partial charge is 0.260 e. The molecule has 1 aliphatic carbocycles. The van der Waals surface area contributed by atoms with Gasteiger partial charge in [0, 0.05) is 17.7 Å². The quantitative estimate of drug-likeness (QED) is 0.907. The Balaban J connectivity index is 1.69. The second-order valence-corrected chi connectivity index (χ2v) is 5.36. The van der Waals surface area contributed by atoms with E-state index in [1.54, 1.807) is 19.1 Å². The first-order valence-corrected chi connectivity index (χ1v) is 6.81.